The summed E-state index contributed by atoms with van der Waals surface area (Å²) in [5.74, 6) is 0.131. The number of carbonyl (C=O) groups excluding carboxylic acids is 1. The van der Waals surface area contributed by atoms with Gasteiger partial charge in [-0.3, -0.25) is 4.79 Å². The van der Waals surface area contributed by atoms with E-state index < -0.39 is 0 Å². The minimum Gasteiger partial charge on any atom is -0.294 e. The van der Waals surface area contributed by atoms with Crippen LogP contribution in [0.15, 0.2) is 12.1 Å². The van der Waals surface area contributed by atoms with E-state index in [1.165, 1.54) is 18.6 Å². The third-order valence-corrected chi connectivity index (χ3v) is 3.72. The first kappa shape index (κ1) is 12.3. The third kappa shape index (κ3) is 2.56. The summed E-state index contributed by atoms with van der Waals surface area (Å²) in [4.78, 5) is 12.4. The van der Waals surface area contributed by atoms with Crippen LogP contribution in [0.2, 0.25) is 0 Å². The number of aryl methyl sites for hydroxylation is 2. The molecule has 2 heteroatoms. The second kappa shape index (κ2) is 4.99. The van der Waals surface area contributed by atoms with Crippen LogP contribution in [0.1, 0.15) is 53.6 Å². The van der Waals surface area contributed by atoms with Crippen molar-refractivity contribution in [1.29, 1.82) is 0 Å². The van der Waals surface area contributed by atoms with E-state index in [0.29, 0.717) is 0 Å². The van der Waals surface area contributed by atoms with Crippen LogP contribution in [-0.4, -0.2) is 5.78 Å². The van der Waals surface area contributed by atoms with Crippen LogP contribution in [0.3, 0.4) is 0 Å². The highest BCUT2D eigenvalue weighted by Gasteiger charge is 2.24. The smallest absolute Gasteiger partial charge is 0.166 e. The molecule has 1 aliphatic carbocycles. The van der Waals surface area contributed by atoms with Crippen molar-refractivity contribution in [2.75, 3.05) is 0 Å². The summed E-state index contributed by atoms with van der Waals surface area (Å²) in [6, 6.07) is 2.92. The summed E-state index contributed by atoms with van der Waals surface area (Å²) in [7, 11) is 0. The van der Waals surface area contributed by atoms with Crippen molar-refractivity contribution in [2.24, 2.45) is 5.92 Å². The lowest BCUT2D eigenvalue weighted by Gasteiger charge is -2.22. The molecule has 1 saturated carbocycles. The number of rotatable bonds is 2. The molecule has 0 bridgehead atoms. The van der Waals surface area contributed by atoms with Crippen molar-refractivity contribution >= 4 is 5.78 Å². The van der Waals surface area contributed by atoms with Crippen molar-refractivity contribution in [3.05, 3.63) is 34.6 Å². The Morgan fingerprint density at radius 3 is 2.18 bits per heavy atom. The zero-order chi connectivity index (χ0) is 12.4. The maximum absolute atomic E-state index is 13.2. The van der Waals surface area contributed by atoms with E-state index in [1.807, 2.05) is 13.8 Å². The van der Waals surface area contributed by atoms with Gasteiger partial charge in [0.05, 0.1) is 0 Å². The van der Waals surface area contributed by atoms with Crippen LogP contribution in [0, 0.1) is 25.6 Å². The zero-order valence-corrected chi connectivity index (χ0v) is 10.6. The van der Waals surface area contributed by atoms with E-state index in [0.717, 1.165) is 42.4 Å². The highest BCUT2D eigenvalue weighted by Crippen LogP contribution is 2.29. The van der Waals surface area contributed by atoms with Crippen molar-refractivity contribution in [3.63, 3.8) is 0 Å². The Bertz CT molecular complexity index is 408. The molecule has 1 aromatic rings. The summed E-state index contributed by atoms with van der Waals surface area (Å²) in [6.45, 7) is 3.65. The van der Waals surface area contributed by atoms with Gasteiger partial charge in [0.1, 0.15) is 5.82 Å². The van der Waals surface area contributed by atoms with Crippen molar-refractivity contribution in [3.8, 4) is 0 Å². The molecule has 92 valence electrons. The zero-order valence-electron chi connectivity index (χ0n) is 10.6. The summed E-state index contributed by atoms with van der Waals surface area (Å²) < 4.78 is 13.2. The van der Waals surface area contributed by atoms with Gasteiger partial charge in [0.2, 0.25) is 0 Å². The Balaban J connectivity index is 2.30. The molecule has 0 heterocycles. The predicted octanol–water partition coefficient (Wildman–Crippen LogP) is 4.21. The lowest BCUT2D eigenvalue weighted by Crippen LogP contribution is -2.19. The third-order valence-electron chi connectivity index (χ3n) is 3.72. The Morgan fingerprint density at radius 1 is 1.12 bits per heavy atom. The first-order valence-corrected chi connectivity index (χ1v) is 6.40. The molecule has 1 aliphatic rings. The molecule has 0 radical (unpaired) electrons. The number of hydrogen-bond donors (Lipinski definition) is 0. The van der Waals surface area contributed by atoms with Gasteiger partial charge in [-0.25, -0.2) is 4.39 Å². The van der Waals surface area contributed by atoms with Crippen LogP contribution >= 0.6 is 0 Å². The van der Waals surface area contributed by atoms with Crippen LogP contribution < -0.4 is 0 Å². The Hall–Kier alpha value is -1.18. The maximum Gasteiger partial charge on any atom is 0.166 e. The lowest BCUT2D eigenvalue weighted by atomic mass is 9.82. The highest BCUT2D eigenvalue weighted by molar-refractivity contribution is 6.00. The van der Waals surface area contributed by atoms with Crippen molar-refractivity contribution in [1.82, 2.24) is 0 Å². The molecule has 0 aliphatic heterocycles. The summed E-state index contributed by atoms with van der Waals surface area (Å²) in [5, 5.41) is 0. The van der Waals surface area contributed by atoms with E-state index in [9.17, 15) is 9.18 Å². The molecule has 0 spiro atoms. The summed E-state index contributed by atoms with van der Waals surface area (Å²) in [5.41, 5.74) is 2.30. The summed E-state index contributed by atoms with van der Waals surface area (Å²) >= 11 is 0. The van der Waals surface area contributed by atoms with E-state index in [4.69, 9.17) is 0 Å². The average molecular weight is 234 g/mol. The number of ketones is 1. The topological polar surface area (TPSA) is 17.1 Å². The van der Waals surface area contributed by atoms with Gasteiger partial charge in [-0.1, -0.05) is 19.3 Å². The first-order chi connectivity index (χ1) is 8.09. The van der Waals surface area contributed by atoms with Crippen LogP contribution in [-0.2, 0) is 0 Å². The molecular formula is C15H19FO. The number of halogens is 1. The Kier molecular flexibility index (Phi) is 3.60. The highest BCUT2D eigenvalue weighted by atomic mass is 19.1. The minimum absolute atomic E-state index is 0.159. The van der Waals surface area contributed by atoms with Gasteiger partial charge >= 0.3 is 0 Å². The van der Waals surface area contributed by atoms with Crippen LogP contribution in [0.25, 0.3) is 0 Å². The van der Waals surface area contributed by atoms with Gasteiger partial charge in [-0.15, -0.1) is 0 Å². The fourth-order valence-electron chi connectivity index (χ4n) is 2.87. The van der Waals surface area contributed by atoms with Crippen molar-refractivity contribution in [2.45, 2.75) is 46.0 Å². The molecule has 1 fully saturated rings. The molecule has 17 heavy (non-hydrogen) atoms. The van der Waals surface area contributed by atoms with E-state index in [2.05, 4.69) is 0 Å². The first-order valence-electron chi connectivity index (χ1n) is 6.40. The number of benzene rings is 1. The lowest BCUT2D eigenvalue weighted by molar-refractivity contribution is 0.0888. The van der Waals surface area contributed by atoms with Gasteiger partial charge < -0.3 is 0 Å². The predicted molar refractivity (Wildman–Crippen MR) is 66.8 cm³/mol. The maximum atomic E-state index is 13.2. The van der Waals surface area contributed by atoms with Gasteiger partial charge in [0.15, 0.2) is 5.78 Å². The SMILES string of the molecule is Cc1cc(F)cc(C)c1C(=O)C1CCCCC1. The van der Waals surface area contributed by atoms with E-state index >= 15 is 0 Å². The Labute approximate surface area is 102 Å². The molecule has 0 aromatic heterocycles. The molecule has 0 amide bonds. The molecule has 0 atom stereocenters. The number of hydrogen-bond acceptors (Lipinski definition) is 1. The van der Waals surface area contributed by atoms with Gasteiger partial charge in [-0.2, -0.15) is 0 Å². The number of Topliss-reactive ketones (excluding diaryl/α,β-unsaturated/α-hetero) is 1. The van der Waals surface area contributed by atoms with Crippen LogP contribution in [0.4, 0.5) is 4.39 Å². The molecule has 0 saturated heterocycles. The Morgan fingerprint density at radius 2 is 1.65 bits per heavy atom. The van der Waals surface area contributed by atoms with E-state index in [-0.39, 0.29) is 17.5 Å². The van der Waals surface area contributed by atoms with Gasteiger partial charge in [0, 0.05) is 11.5 Å². The monoisotopic (exact) mass is 234 g/mol. The standard InChI is InChI=1S/C15H19FO/c1-10-8-13(16)9-11(2)14(10)15(17)12-6-4-3-5-7-12/h8-9,12H,3-7H2,1-2H3. The fourth-order valence-corrected chi connectivity index (χ4v) is 2.87. The fraction of sp³-hybridized carbons (Fsp3) is 0.533. The van der Waals surface area contributed by atoms with Gasteiger partial charge in [-0.05, 0) is 49.9 Å². The average Bonchev–Trinajstić information content (AvgIpc) is 2.28. The minimum atomic E-state index is -0.250. The van der Waals surface area contributed by atoms with Crippen molar-refractivity contribution < 1.29 is 9.18 Å². The molecule has 0 N–H and O–H groups in total. The molecule has 1 nitrogen and oxygen atoms in total. The second-order valence-corrected chi connectivity index (χ2v) is 5.11. The quantitative estimate of drug-likeness (QED) is 0.701. The normalized spacial score (nSPS) is 17.1. The van der Waals surface area contributed by atoms with Gasteiger partial charge in [0.25, 0.3) is 0 Å². The largest absolute Gasteiger partial charge is 0.294 e. The molecule has 0 unspecified atom stereocenters. The van der Waals surface area contributed by atoms with Crippen LogP contribution in [0.5, 0.6) is 0 Å². The summed E-state index contributed by atoms with van der Waals surface area (Å²) in [6.07, 6.45) is 5.53. The number of carbonyl (C=O) groups is 1. The molecule has 1 aromatic carbocycles. The molecular weight excluding hydrogens is 215 g/mol. The second-order valence-electron chi connectivity index (χ2n) is 5.11. The van der Waals surface area contributed by atoms with E-state index in [1.54, 1.807) is 0 Å². The molecule has 2 rings (SSSR count).